The summed E-state index contributed by atoms with van der Waals surface area (Å²) in [6.45, 7) is 6.93. The average Bonchev–Trinajstić information content (AvgIpc) is 3.14. The summed E-state index contributed by atoms with van der Waals surface area (Å²) >= 11 is 0. The van der Waals surface area contributed by atoms with Crippen LogP contribution in [0, 0.1) is 13.8 Å². The van der Waals surface area contributed by atoms with E-state index < -0.39 is 10.2 Å². The van der Waals surface area contributed by atoms with Gasteiger partial charge in [0.15, 0.2) is 0 Å². The number of piperazine rings is 1. The predicted octanol–water partition coefficient (Wildman–Crippen LogP) is 2.33. The quantitative estimate of drug-likeness (QED) is 0.600. The first-order chi connectivity index (χ1) is 16.7. The molecule has 0 spiro atoms. The number of carbonyl (C=O) groups excluding carboxylic acids is 1. The monoisotopic (exact) mass is 501 g/mol. The van der Waals surface area contributed by atoms with E-state index in [1.165, 1.54) is 14.9 Å². The van der Waals surface area contributed by atoms with E-state index >= 15 is 0 Å². The minimum Gasteiger partial charge on any atom is -0.497 e. The highest BCUT2D eigenvalue weighted by atomic mass is 32.2. The van der Waals surface area contributed by atoms with Crippen molar-refractivity contribution in [1.29, 1.82) is 0 Å². The lowest BCUT2D eigenvalue weighted by atomic mass is 10.0. The number of methoxy groups -OCH3 is 1. The second-order valence-electron chi connectivity index (χ2n) is 9.34. The Bertz CT molecular complexity index is 1150. The summed E-state index contributed by atoms with van der Waals surface area (Å²) < 4.78 is 32.7. The Kier molecular flexibility index (Phi) is 7.65. The third-order valence-electron chi connectivity index (χ3n) is 6.95. The van der Waals surface area contributed by atoms with E-state index in [0.29, 0.717) is 39.1 Å². The molecule has 2 aromatic carbocycles. The molecule has 9 nitrogen and oxygen atoms in total. The second kappa shape index (κ2) is 10.5. The molecule has 0 aromatic heterocycles. The zero-order valence-corrected chi connectivity index (χ0v) is 21.7. The van der Waals surface area contributed by atoms with Gasteiger partial charge in [-0.3, -0.25) is 0 Å². The van der Waals surface area contributed by atoms with Crippen molar-refractivity contribution in [2.45, 2.75) is 26.3 Å². The Morgan fingerprint density at radius 3 is 2.31 bits per heavy atom. The van der Waals surface area contributed by atoms with Crippen molar-refractivity contribution >= 4 is 16.2 Å². The molecule has 1 atom stereocenters. The molecule has 35 heavy (non-hydrogen) atoms. The fraction of sp³-hybridized carbons (Fsp3) is 0.480. The molecule has 0 aliphatic carbocycles. The Morgan fingerprint density at radius 1 is 1.00 bits per heavy atom. The number of amides is 2. The molecular weight excluding hydrogens is 466 g/mol. The number of aryl methyl sites for hydroxylation is 2. The minimum atomic E-state index is -3.82. The number of hydrazine groups is 1. The Morgan fingerprint density at radius 2 is 1.69 bits per heavy atom. The zero-order chi connectivity index (χ0) is 25.2. The number of hydrogen-bond acceptors (Lipinski definition) is 5. The SMILES string of the molecule is COc1ccc(CCN2C(=O)N(NS(=O)(=O)N3CCN(C)CC3)CC2c2ccc(C)c(C)c2)cc1. The first kappa shape index (κ1) is 25.4. The lowest BCUT2D eigenvalue weighted by molar-refractivity contribution is 0.178. The molecule has 4 rings (SSSR count). The van der Waals surface area contributed by atoms with Gasteiger partial charge in [-0.25, -0.2) is 9.80 Å². The lowest BCUT2D eigenvalue weighted by Gasteiger charge is -2.32. The van der Waals surface area contributed by atoms with Gasteiger partial charge in [0.05, 0.1) is 19.7 Å². The molecule has 2 fully saturated rings. The Balaban J connectivity index is 1.54. The van der Waals surface area contributed by atoms with Crippen molar-refractivity contribution in [3.05, 3.63) is 64.7 Å². The molecule has 2 aromatic rings. The van der Waals surface area contributed by atoms with Crippen LogP contribution in [-0.4, -0.2) is 87.0 Å². The molecule has 10 heteroatoms. The molecule has 2 aliphatic rings. The largest absolute Gasteiger partial charge is 0.497 e. The van der Waals surface area contributed by atoms with Crippen molar-refractivity contribution in [2.24, 2.45) is 0 Å². The van der Waals surface area contributed by atoms with Gasteiger partial charge in [0.25, 0.3) is 10.2 Å². The summed E-state index contributed by atoms with van der Waals surface area (Å²) in [6, 6.07) is 13.3. The van der Waals surface area contributed by atoms with Crippen LogP contribution < -0.4 is 9.57 Å². The van der Waals surface area contributed by atoms with Crippen molar-refractivity contribution < 1.29 is 17.9 Å². The molecule has 190 valence electrons. The summed E-state index contributed by atoms with van der Waals surface area (Å²) in [5, 5.41) is 1.25. The lowest BCUT2D eigenvalue weighted by Crippen LogP contribution is -2.55. The fourth-order valence-electron chi connectivity index (χ4n) is 4.49. The highest BCUT2D eigenvalue weighted by molar-refractivity contribution is 7.87. The highest BCUT2D eigenvalue weighted by Gasteiger charge is 2.41. The predicted molar refractivity (Wildman–Crippen MR) is 135 cm³/mol. The standard InChI is InChI=1S/C25H35N5O4S/c1-19-5-8-22(17-20(19)2)24-18-30(26-35(32,33)28-15-13-27(3)14-16-28)25(31)29(24)12-11-21-6-9-23(34-4)10-7-21/h5-10,17,24,26H,11-16,18H2,1-4H3. The van der Waals surface area contributed by atoms with E-state index in [4.69, 9.17) is 4.74 Å². The number of rotatable bonds is 8. The first-order valence-corrected chi connectivity index (χ1v) is 13.4. The van der Waals surface area contributed by atoms with Crippen LogP contribution in [0.4, 0.5) is 4.79 Å². The molecule has 1 N–H and O–H groups in total. The van der Waals surface area contributed by atoms with Gasteiger partial charge in [-0.15, -0.1) is 4.83 Å². The van der Waals surface area contributed by atoms with Gasteiger partial charge >= 0.3 is 6.03 Å². The maximum absolute atomic E-state index is 13.5. The van der Waals surface area contributed by atoms with Crippen LogP contribution >= 0.6 is 0 Å². The van der Waals surface area contributed by atoms with E-state index in [0.717, 1.165) is 22.4 Å². The van der Waals surface area contributed by atoms with E-state index in [9.17, 15) is 13.2 Å². The molecule has 0 radical (unpaired) electrons. The molecule has 2 amide bonds. The molecule has 1 unspecified atom stereocenters. The van der Waals surface area contributed by atoms with Gasteiger partial charge in [-0.2, -0.15) is 12.7 Å². The van der Waals surface area contributed by atoms with Crippen LogP contribution in [0.1, 0.15) is 28.3 Å². The second-order valence-corrected chi connectivity index (χ2v) is 11.0. The minimum absolute atomic E-state index is 0.247. The maximum Gasteiger partial charge on any atom is 0.335 e. The van der Waals surface area contributed by atoms with Crippen molar-refractivity contribution in [3.8, 4) is 5.75 Å². The van der Waals surface area contributed by atoms with Crippen LogP contribution in [0.15, 0.2) is 42.5 Å². The molecule has 2 heterocycles. The Hall–Kier alpha value is -2.66. The summed E-state index contributed by atoms with van der Waals surface area (Å²) in [5.74, 6) is 0.781. The number of nitrogens with one attached hydrogen (secondary N) is 1. The van der Waals surface area contributed by atoms with Gasteiger partial charge in [-0.1, -0.05) is 30.3 Å². The van der Waals surface area contributed by atoms with Gasteiger partial charge < -0.3 is 14.5 Å². The summed E-state index contributed by atoms with van der Waals surface area (Å²) in [5.41, 5.74) is 4.39. The van der Waals surface area contributed by atoms with Crippen LogP contribution in [0.25, 0.3) is 0 Å². The summed E-state index contributed by atoms with van der Waals surface area (Å²) in [6.07, 6.45) is 0.649. The van der Waals surface area contributed by atoms with Gasteiger partial charge in [0.1, 0.15) is 5.75 Å². The van der Waals surface area contributed by atoms with Gasteiger partial charge in [0.2, 0.25) is 0 Å². The molecular formula is C25H35N5O4S. The molecule has 0 saturated carbocycles. The van der Waals surface area contributed by atoms with Crippen molar-refractivity contribution in [1.82, 2.24) is 23.9 Å². The number of benzene rings is 2. The third-order valence-corrected chi connectivity index (χ3v) is 8.45. The zero-order valence-electron chi connectivity index (χ0n) is 20.9. The number of urea groups is 1. The van der Waals surface area contributed by atoms with Crippen LogP contribution in [-0.2, 0) is 16.6 Å². The number of carbonyl (C=O) groups is 1. The molecule has 2 aliphatic heterocycles. The number of likely N-dealkylation sites (N-methyl/N-ethyl adjacent to an activating group) is 1. The fourth-order valence-corrected chi connectivity index (χ4v) is 5.68. The Labute approximate surface area is 208 Å². The van der Waals surface area contributed by atoms with E-state index in [1.54, 1.807) is 12.0 Å². The number of ether oxygens (including phenoxy) is 1. The third kappa shape index (κ3) is 5.78. The first-order valence-electron chi connectivity index (χ1n) is 11.9. The van der Waals surface area contributed by atoms with Crippen molar-refractivity contribution in [2.75, 3.05) is 53.4 Å². The summed E-state index contributed by atoms with van der Waals surface area (Å²) in [7, 11) is -0.223. The van der Waals surface area contributed by atoms with Crippen LogP contribution in [0.5, 0.6) is 5.75 Å². The smallest absolute Gasteiger partial charge is 0.335 e. The average molecular weight is 502 g/mol. The van der Waals surface area contributed by atoms with E-state index in [2.05, 4.69) is 22.7 Å². The maximum atomic E-state index is 13.5. The van der Waals surface area contributed by atoms with Gasteiger partial charge in [0, 0.05) is 32.7 Å². The number of hydrogen-bond donors (Lipinski definition) is 1. The normalized spacial score (nSPS) is 20.0. The highest BCUT2D eigenvalue weighted by Crippen LogP contribution is 2.30. The van der Waals surface area contributed by atoms with E-state index in [1.807, 2.05) is 50.4 Å². The van der Waals surface area contributed by atoms with Crippen LogP contribution in [0.2, 0.25) is 0 Å². The summed E-state index contributed by atoms with van der Waals surface area (Å²) in [4.78, 5) is 19.9. The topological polar surface area (TPSA) is 85.4 Å². The molecule has 2 saturated heterocycles. The number of nitrogens with zero attached hydrogens (tertiary/aromatic N) is 4. The van der Waals surface area contributed by atoms with Gasteiger partial charge in [-0.05, 0) is 61.7 Å². The molecule has 0 bridgehead atoms. The van der Waals surface area contributed by atoms with Crippen molar-refractivity contribution in [3.63, 3.8) is 0 Å². The van der Waals surface area contributed by atoms with E-state index in [-0.39, 0.29) is 18.6 Å². The van der Waals surface area contributed by atoms with Crippen LogP contribution in [0.3, 0.4) is 0 Å².